The van der Waals surface area contributed by atoms with Crippen LogP contribution in [0, 0.1) is 6.92 Å². The molecule has 6 rings (SSSR count). The van der Waals surface area contributed by atoms with E-state index in [2.05, 4.69) is 25.1 Å². The quantitative estimate of drug-likeness (QED) is 0.196. The average Bonchev–Trinajstić information content (AvgIpc) is 3.32. The highest BCUT2D eigenvalue weighted by Gasteiger charge is 2.44. The van der Waals surface area contributed by atoms with Crippen molar-refractivity contribution in [1.29, 1.82) is 0 Å². The van der Waals surface area contributed by atoms with Crippen LogP contribution in [0.4, 0.5) is 0 Å². The second kappa shape index (κ2) is 9.41. The molecule has 1 aromatic heterocycles. The van der Waals surface area contributed by atoms with Crippen LogP contribution in [0.1, 0.15) is 47.9 Å². The lowest BCUT2D eigenvalue weighted by Crippen LogP contribution is -2.40. The lowest BCUT2D eigenvalue weighted by molar-refractivity contribution is 0.422. The van der Waals surface area contributed by atoms with Crippen LogP contribution in [0.3, 0.4) is 0 Å². The number of halogens is 2. The smallest absolute Gasteiger partial charge is 0.263 e. The zero-order chi connectivity index (χ0) is 24.9. The predicted octanol–water partition coefficient (Wildman–Crippen LogP) is 8.17. The number of thioether (sulfide) groups is 1. The van der Waals surface area contributed by atoms with Crippen molar-refractivity contribution in [1.82, 2.24) is 9.55 Å². The third kappa shape index (κ3) is 4.09. The normalized spacial score (nSPS) is 15.6. The van der Waals surface area contributed by atoms with E-state index in [1.165, 1.54) is 17.3 Å². The Morgan fingerprint density at radius 2 is 1.75 bits per heavy atom. The third-order valence-electron chi connectivity index (χ3n) is 7.61. The zero-order valence-electron chi connectivity index (χ0n) is 20.1. The molecular weight excluding hydrogens is 507 g/mol. The summed E-state index contributed by atoms with van der Waals surface area (Å²) in [5.74, 6) is 0.583. The fourth-order valence-corrected chi connectivity index (χ4v) is 7.37. The second-order valence-electron chi connectivity index (χ2n) is 9.94. The first kappa shape index (κ1) is 23.8. The van der Waals surface area contributed by atoms with Crippen LogP contribution < -0.4 is 5.56 Å². The van der Waals surface area contributed by atoms with Gasteiger partial charge in [0.1, 0.15) is 0 Å². The number of aryl methyl sites for hydroxylation is 1. The molecular formula is C30H26Cl2N2OS. The Labute approximate surface area is 225 Å². The van der Waals surface area contributed by atoms with Crippen LogP contribution >= 0.6 is 35.0 Å². The van der Waals surface area contributed by atoms with Gasteiger partial charge in [0.15, 0.2) is 5.16 Å². The second-order valence-corrected chi connectivity index (χ2v) is 11.7. The summed E-state index contributed by atoms with van der Waals surface area (Å²) >= 11 is 14.1. The number of aromatic nitrogens is 2. The van der Waals surface area contributed by atoms with Crippen molar-refractivity contribution < 1.29 is 0 Å². The molecule has 182 valence electrons. The molecule has 3 nitrogen and oxygen atoms in total. The van der Waals surface area contributed by atoms with Gasteiger partial charge in [-0.05, 0) is 61.6 Å². The molecule has 0 bridgehead atoms. The average molecular weight is 534 g/mol. The summed E-state index contributed by atoms with van der Waals surface area (Å²) < 4.78 is 1.82. The van der Waals surface area contributed by atoms with E-state index in [0.717, 1.165) is 65.7 Å². The van der Waals surface area contributed by atoms with Gasteiger partial charge in [0.2, 0.25) is 0 Å². The molecule has 0 radical (unpaired) electrons. The monoisotopic (exact) mass is 532 g/mol. The summed E-state index contributed by atoms with van der Waals surface area (Å²) in [4.78, 5) is 19.7. The summed E-state index contributed by atoms with van der Waals surface area (Å²) in [6, 6.07) is 22.1. The number of benzene rings is 3. The molecule has 6 heteroatoms. The summed E-state index contributed by atoms with van der Waals surface area (Å²) in [5.41, 5.74) is 7.02. The van der Waals surface area contributed by atoms with E-state index < -0.39 is 0 Å². The fourth-order valence-electron chi connectivity index (χ4n) is 5.81. The summed E-state index contributed by atoms with van der Waals surface area (Å²) in [6.07, 6.45) is 5.28. The minimum absolute atomic E-state index is 0.0601. The van der Waals surface area contributed by atoms with E-state index >= 15 is 0 Å². The largest absolute Gasteiger partial charge is 0.268 e. The highest BCUT2D eigenvalue weighted by atomic mass is 35.5. The highest BCUT2D eigenvalue weighted by molar-refractivity contribution is 7.98. The molecule has 1 heterocycles. The molecule has 1 spiro atoms. The molecule has 1 fully saturated rings. The molecule has 1 saturated carbocycles. The van der Waals surface area contributed by atoms with Gasteiger partial charge in [-0.1, -0.05) is 95.8 Å². The molecule has 0 saturated heterocycles. The number of hydrogen-bond donors (Lipinski definition) is 0. The van der Waals surface area contributed by atoms with Crippen LogP contribution in [0.15, 0.2) is 76.7 Å². The molecule has 0 atom stereocenters. The van der Waals surface area contributed by atoms with Crippen LogP contribution in [0.25, 0.3) is 16.9 Å². The van der Waals surface area contributed by atoms with E-state index in [1.54, 1.807) is 6.07 Å². The Morgan fingerprint density at radius 3 is 2.50 bits per heavy atom. The maximum Gasteiger partial charge on any atom is 0.263 e. The van der Waals surface area contributed by atoms with Crippen molar-refractivity contribution in [2.45, 2.75) is 55.4 Å². The van der Waals surface area contributed by atoms with Crippen LogP contribution in [0.5, 0.6) is 0 Å². The SMILES string of the molecule is Cc1ccc(-n2c(SCc3ccc(Cl)cc3Cl)nc3c(c2=O)C2(CCCC2)Cc2ccccc2-3)cc1. The zero-order valence-corrected chi connectivity index (χ0v) is 22.4. The molecule has 0 unspecified atom stereocenters. The first-order valence-corrected chi connectivity index (χ1v) is 14.1. The summed E-state index contributed by atoms with van der Waals surface area (Å²) in [6.45, 7) is 2.06. The number of hydrogen-bond acceptors (Lipinski definition) is 3. The van der Waals surface area contributed by atoms with Crippen molar-refractivity contribution in [2.75, 3.05) is 0 Å². The first-order chi connectivity index (χ1) is 17.4. The molecule has 4 aromatic rings. The molecule has 3 aromatic carbocycles. The van der Waals surface area contributed by atoms with Gasteiger partial charge in [-0.25, -0.2) is 4.98 Å². The minimum atomic E-state index is -0.136. The minimum Gasteiger partial charge on any atom is -0.268 e. The van der Waals surface area contributed by atoms with Gasteiger partial charge in [-0.15, -0.1) is 0 Å². The molecule has 2 aliphatic carbocycles. The molecule has 36 heavy (non-hydrogen) atoms. The Morgan fingerprint density at radius 1 is 1.00 bits per heavy atom. The van der Waals surface area contributed by atoms with Crippen molar-refractivity contribution in [3.8, 4) is 16.9 Å². The van der Waals surface area contributed by atoms with Gasteiger partial charge >= 0.3 is 0 Å². The van der Waals surface area contributed by atoms with Crippen LogP contribution in [0.2, 0.25) is 10.0 Å². The highest BCUT2D eigenvalue weighted by Crippen LogP contribution is 2.50. The summed E-state index contributed by atoms with van der Waals surface area (Å²) in [5, 5.41) is 1.90. The number of fused-ring (bicyclic) bond motifs is 4. The predicted molar refractivity (Wildman–Crippen MR) is 150 cm³/mol. The topological polar surface area (TPSA) is 34.9 Å². The number of nitrogens with zero attached hydrogens (tertiary/aromatic N) is 2. The molecule has 2 aliphatic rings. The van der Waals surface area contributed by atoms with E-state index in [1.807, 2.05) is 47.0 Å². The molecule has 0 amide bonds. The van der Waals surface area contributed by atoms with Crippen molar-refractivity contribution in [3.05, 3.63) is 109 Å². The van der Waals surface area contributed by atoms with Crippen molar-refractivity contribution >= 4 is 35.0 Å². The first-order valence-electron chi connectivity index (χ1n) is 12.3. The Hall–Kier alpha value is -2.53. The van der Waals surface area contributed by atoms with Gasteiger partial charge in [-0.3, -0.25) is 9.36 Å². The van der Waals surface area contributed by atoms with E-state index in [-0.39, 0.29) is 11.0 Å². The van der Waals surface area contributed by atoms with Gasteiger partial charge in [0, 0.05) is 26.8 Å². The Bertz CT molecular complexity index is 1520. The lowest BCUT2D eigenvalue weighted by Gasteiger charge is -2.36. The summed E-state index contributed by atoms with van der Waals surface area (Å²) in [7, 11) is 0. The maximum absolute atomic E-state index is 14.5. The van der Waals surface area contributed by atoms with Crippen molar-refractivity contribution in [3.63, 3.8) is 0 Å². The Balaban J connectivity index is 1.57. The molecule has 0 N–H and O–H groups in total. The van der Waals surface area contributed by atoms with Gasteiger partial charge in [-0.2, -0.15) is 0 Å². The Kier molecular flexibility index (Phi) is 6.23. The van der Waals surface area contributed by atoms with Gasteiger partial charge < -0.3 is 0 Å². The van der Waals surface area contributed by atoms with Crippen molar-refractivity contribution in [2.24, 2.45) is 0 Å². The molecule has 0 aliphatic heterocycles. The lowest BCUT2D eigenvalue weighted by atomic mass is 9.68. The van der Waals surface area contributed by atoms with Gasteiger partial charge in [0.05, 0.1) is 16.9 Å². The van der Waals surface area contributed by atoms with E-state index in [4.69, 9.17) is 28.2 Å². The van der Waals surface area contributed by atoms with Crippen LogP contribution in [-0.4, -0.2) is 9.55 Å². The van der Waals surface area contributed by atoms with E-state index in [9.17, 15) is 4.79 Å². The fraction of sp³-hybridized carbons (Fsp3) is 0.267. The number of rotatable bonds is 4. The maximum atomic E-state index is 14.5. The standard InChI is InChI=1S/C30H26Cl2N2OS/c1-19-8-12-23(13-9-19)34-28(35)26-27(33-29(34)36-18-21-10-11-22(31)16-25(21)32)24-7-3-2-6-20(24)17-30(26)14-4-5-15-30/h2-3,6-13,16H,4-5,14-15,17-18H2,1H3. The van der Waals surface area contributed by atoms with Crippen LogP contribution in [-0.2, 0) is 17.6 Å². The third-order valence-corrected chi connectivity index (χ3v) is 9.18. The van der Waals surface area contributed by atoms with Gasteiger partial charge in [0.25, 0.3) is 5.56 Å². The van der Waals surface area contributed by atoms with E-state index in [0.29, 0.717) is 21.0 Å².